The van der Waals surface area contributed by atoms with Crippen molar-refractivity contribution in [3.8, 4) is 0 Å². The van der Waals surface area contributed by atoms with Gasteiger partial charge in [-0.2, -0.15) is 5.10 Å². The molecule has 1 amide bonds. The Labute approximate surface area is 141 Å². The molecule has 1 fully saturated rings. The summed E-state index contributed by atoms with van der Waals surface area (Å²) < 4.78 is 7.24. The van der Waals surface area contributed by atoms with Gasteiger partial charge in [0.05, 0.1) is 11.4 Å². The minimum Gasteiger partial charge on any atom is -0.381 e. The zero-order valence-electron chi connectivity index (χ0n) is 13.5. The molecule has 2 heterocycles. The summed E-state index contributed by atoms with van der Waals surface area (Å²) in [6.07, 6.45) is 3.08. The lowest BCUT2D eigenvalue weighted by Gasteiger charge is -2.24. The number of carbonyl (C=O) groups excluding carboxylic acids is 1. The standard InChI is InChI=1S/C15H24ClN3O2S/c1-4-5-8-21-9-6-7-19-12(20)10-22-15(19)13-11(2)17-18(3)14(13)16/h15H,4-10H2,1-3H3. The number of unbranched alkanes of at least 4 members (excludes halogenated alkanes) is 1. The Morgan fingerprint density at radius 3 is 2.77 bits per heavy atom. The van der Waals surface area contributed by atoms with Crippen LogP contribution in [0.15, 0.2) is 0 Å². The minimum absolute atomic E-state index is 0.0238. The second kappa shape index (κ2) is 8.22. The molecule has 5 nitrogen and oxygen atoms in total. The van der Waals surface area contributed by atoms with Crippen LogP contribution in [0.4, 0.5) is 0 Å². The fourth-order valence-corrected chi connectivity index (χ4v) is 4.21. The molecule has 7 heteroatoms. The smallest absolute Gasteiger partial charge is 0.233 e. The maximum atomic E-state index is 12.1. The van der Waals surface area contributed by atoms with Gasteiger partial charge in [0.2, 0.25) is 5.91 Å². The number of thioether (sulfide) groups is 1. The molecule has 0 aliphatic carbocycles. The molecule has 22 heavy (non-hydrogen) atoms. The number of rotatable bonds is 8. The maximum absolute atomic E-state index is 12.1. The van der Waals surface area contributed by atoms with Crippen LogP contribution in [0.3, 0.4) is 0 Å². The zero-order valence-corrected chi connectivity index (χ0v) is 15.0. The topological polar surface area (TPSA) is 47.4 Å². The number of halogens is 1. The average molecular weight is 346 g/mol. The van der Waals surface area contributed by atoms with Gasteiger partial charge in [0.1, 0.15) is 10.5 Å². The van der Waals surface area contributed by atoms with Gasteiger partial charge in [-0.25, -0.2) is 0 Å². The number of carbonyl (C=O) groups is 1. The van der Waals surface area contributed by atoms with Gasteiger partial charge in [-0.3, -0.25) is 9.48 Å². The van der Waals surface area contributed by atoms with Crippen LogP contribution in [-0.2, 0) is 16.6 Å². The van der Waals surface area contributed by atoms with Gasteiger partial charge in [-0.15, -0.1) is 11.8 Å². The Bertz CT molecular complexity index is 521. The van der Waals surface area contributed by atoms with Crippen molar-refractivity contribution in [3.05, 3.63) is 16.4 Å². The van der Waals surface area contributed by atoms with Crippen LogP contribution in [0.5, 0.6) is 0 Å². The van der Waals surface area contributed by atoms with E-state index in [1.165, 1.54) is 0 Å². The molecule has 0 bridgehead atoms. The molecule has 1 aliphatic heterocycles. The van der Waals surface area contributed by atoms with Crippen LogP contribution in [0.1, 0.15) is 42.8 Å². The monoisotopic (exact) mass is 345 g/mol. The predicted octanol–water partition coefficient (Wildman–Crippen LogP) is 3.16. The quantitative estimate of drug-likeness (QED) is 0.679. The van der Waals surface area contributed by atoms with Crippen LogP contribution in [-0.4, -0.2) is 46.1 Å². The average Bonchev–Trinajstić information content (AvgIpc) is 2.95. The van der Waals surface area contributed by atoms with E-state index < -0.39 is 0 Å². The van der Waals surface area contributed by atoms with E-state index in [4.69, 9.17) is 16.3 Å². The van der Waals surface area contributed by atoms with E-state index in [1.807, 2.05) is 18.9 Å². The Kier molecular flexibility index (Phi) is 6.59. The van der Waals surface area contributed by atoms with E-state index in [0.717, 1.165) is 37.1 Å². The molecule has 0 radical (unpaired) electrons. The molecule has 0 spiro atoms. The van der Waals surface area contributed by atoms with Gasteiger partial charge in [0.15, 0.2) is 0 Å². The first kappa shape index (κ1) is 17.6. The minimum atomic E-state index is -0.0238. The fraction of sp³-hybridized carbons (Fsp3) is 0.733. The van der Waals surface area contributed by atoms with E-state index in [0.29, 0.717) is 24.1 Å². The van der Waals surface area contributed by atoms with Crippen LogP contribution < -0.4 is 0 Å². The Hall–Kier alpha value is -0.720. The molecule has 1 atom stereocenters. The van der Waals surface area contributed by atoms with Gasteiger partial charge in [0.25, 0.3) is 0 Å². The Balaban J connectivity index is 1.95. The summed E-state index contributed by atoms with van der Waals surface area (Å²) in [5.74, 6) is 0.675. The van der Waals surface area contributed by atoms with E-state index in [9.17, 15) is 4.79 Å². The molecule has 1 aromatic rings. The second-order valence-corrected chi connectivity index (χ2v) is 6.91. The molecule has 0 aromatic carbocycles. The van der Waals surface area contributed by atoms with Crippen molar-refractivity contribution in [2.24, 2.45) is 7.05 Å². The SMILES string of the molecule is CCCCOCCCN1C(=O)CSC1c1c(C)nn(C)c1Cl. The number of ether oxygens (including phenoxy) is 1. The van der Waals surface area contributed by atoms with Crippen molar-refractivity contribution in [2.45, 2.75) is 38.5 Å². The Morgan fingerprint density at radius 2 is 2.14 bits per heavy atom. The fourth-order valence-electron chi connectivity index (χ4n) is 2.55. The van der Waals surface area contributed by atoms with Crippen molar-refractivity contribution in [1.29, 1.82) is 0 Å². The van der Waals surface area contributed by atoms with Gasteiger partial charge >= 0.3 is 0 Å². The first-order valence-electron chi connectivity index (χ1n) is 7.74. The summed E-state index contributed by atoms with van der Waals surface area (Å²) in [5, 5.41) is 4.95. The third-order valence-electron chi connectivity index (χ3n) is 3.74. The highest BCUT2D eigenvalue weighted by molar-refractivity contribution is 8.00. The summed E-state index contributed by atoms with van der Waals surface area (Å²) in [7, 11) is 1.83. The summed E-state index contributed by atoms with van der Waals surface area (Å²) in [5.41, 5.74) is 1.86. The molecular formula is C15H24ClN3O2S. The maximum Gasteiger partial charge on any atom is 0.233 e. The normalized spacial score (nSPS) is 18.5. The third kappa shape index (κ3) is 3.97. The van der Waals surface area contributed by atoms with Crippen molar-refractivity contribution in [1.82, 2.24) is 14.7 Å². The lowest BCUT2D eigenvalue weighted by Crippen LogP contribution is -2.30. The molecule has 1 saturated heterocycles. The molecule has 0 saturated carbocycles. The van der Waals surface area contributed by atoms with Gasteiger partial charge in [0, 0.05) is 32.4 Å². The van der Waals surface area contributed by atoms with Crippen LogP contribution in [0.25, 0.3) is 0 Å². The number of aryl methyl sites for hydroxylation is 2. The third-order valence-corrected chi connectivity index (χ3v) is 5.41. The lowest BCUT2D eigenvalue weighted by atomic mass is 10.2. The first-order valence-corrected chi connectivity index (χ1v) is 9.16. The lowest BCUT2D eigenvalue weighted by molar-refractivity contribution is -0.128. The van der Waals surface area contributed by atoms with E-state index in [-0.39, 0.29) is 11.3 Å². The molecule has 1 aliphatic rings. The van der Waals surface area contributed by atoms with Crippen LogP contribution in [0, 0.1) is 6.92 Å². The van der Waals surface area contributed by atoms with Gasteiger partial charge in [-0.1, -0.05) is 24.9 Å². The summed E-state index contributed by atoms with van der Waals surface area (Å²) in [6, 6.07) is 0. The van der Waals surface area contributed by atoms with Crippen LogP contribution >= 0.6 is 23.4 Å². The molecular weight excluding hydrogens is 322 g/mol. The predicted molar refractivity (Wildman–Crippen MR) is 90.2 cm³/mol. The number of amides is 1. The number of aromatic nitrogens is 2. The van der Waals surface area contributed by atoms with Crippen molar-refractivity contribution in [3.63, 3.8) is 0 Å². The molecule has 124 valence electrons. The molecule has 1 unspecified atom stereocenters. The zero-order chi connectivity index (χ0) is 16.1. The number of nitrogens with zero attached hydrogens (tertiary/aromatic N) is 3. The largest absolute Gasteiger partial charge is 0.381 e. The highest BCUT2D eigenvalue weighted by atomic mass is 35.5. The number of hydrogen-bond acceptors (Lipinski definition) is 4. The van der Waals surface area contributed by atoms with Crippen molar-refractivity contribution >= 4 is 29.3 Å². The molecule has 1 aromatic heterocycles. The summed E-state index contributed by atoms with van der Waals surface area (Å²) in [6.45, 7) is 6.29. The molecule has 2 rings (SSSR count). The Morgan fingerprint density at radius 1 is 1.41 bits per heavy atom. The van der Waals surface area contributed by atoms with Gasteiger partial charge in [-0.05, 0) is 19.8 Å². The van der Waals surface area contributed by atoms with E-state index in [2.05, 4.69) is 12.0 Å². The van der Waals surface area contributed by atoms with Gasteiger partial charge < -0.3 is 9.64 Å². The van der Waals surface area contributed by atoms with E-state index in [1.54, 1.807) is 16.4 Å². The number of hydrogen-bond donors (Lipinski definition) is 0. The van der Waals surface area contributed by atoms with E-state index >= 15 is 0 Å². The van der Waals surface area contributed by atoms with Crippen molar-refractivity contribution in [2.75, 3.05) is 25.5 Å². The first-order chi connectivity index (χ1) is 10.6. The van der Waals surface area contributed by atoms with Crippen LogP contribution in [0.2, 0.25) is 5.15 Å². The highest BCUT2D eigenvalue weighted by Gasteiger charge is 2.36. The summed E-state index contributed by atoms with van der Waals surface area (Å²) >= 11 is 7.97. The second-order valence-electron chi connectivity index (χ2n) is 5.48. The molecule has 0 N–H and O–H groups in total. The highest BCUT2D eigenvalue weighted by Crippen LogP contribution is 2.42. The van der Waals surface area contributed by atoms with Crippen molar-refractivity contribution < 1.29 is 9.53 Å². The summed E-state index contributed by atoms with van der Waals surface area (Å²) in [4.78, 5) is 14.1.